The van der Waals surface area contributed by atoms with Gasteiger partial charge in [-0.15, -0.1) is 0 Å². The number of halogens is 1. The lowest BCUT2D eigenvalue weighted by molar-refractivity contribution is 0.0932. The van der Waals surface area contributed by atoms with E-state index in [1.807, 2.05) is 6.92 Å². The number of rotatable bonds is 4. The third-order valence-corrected chi connectivity index (χ3v) is 3.53. The van der Waals surface area contributed by atoms with Crippen molar-refractivity contribution in [2.24, 2.45) is 0 Å². The van der Waals surface area contributed by atoms with E-state index in [9.17, 15) is 9.18 Å². The molecule has 2 rings (SSSR count). The Labute approximate surface area is 113 Å². The van der Waals surface area contributed by atoms with Crippen LogP contribution in [0, 0.1) is 12.7 Å². The number of hydrogen-bond acceptors (Lipinski definition) is 2. The SMILES string of the molecule is Cc1cc(C(=O)NC(C)CN2CCCC2)ccc1F. The van der Waals surface area contributed by atoms with E-state index in [1.165, 1.54) is 25.0 Å². The van der Waals surface area contributed by atoms with Gasteiger partial charge in [0.1, 0.15) is 5.82 Å². The van der Waals surface area contributed by atoms with Crippen LogP contribution < -0.4 is 5.32 Å². The Kier molecular flexibility index (Phi) is 4.53. The molecule has 1 aromatic rings. The van der Waals surface area contributed by atoms with E-state index >= 15 is 0 Å². The van der Waals surface area contributed by atoms with E-state index in [1.54, 1.807) is 13.0 Å². The first-order valence-electron chi connectivity index (χ1n) is 6.85. The summed E-state index contributed by atoms with van der Waals surface area (Å²) in [6.45, 7) is 6.80. The van der Waals surface area contributed by atoms with Gasteiger partial charge in [-0.1, -0.05) is 0 Å². The molecule has 0 spiro atoms. The highest BCUT2D eigenvalue weighted by Gasteiger charge is 2.16. The number of hydrogen-bond donors (Lipinski definition) is 1. The van der Waals surface area contributed by atoms with Crippen LogP contribution in [0.1, 0.15) is 35.7 Å². The second kappa shape index (κ2) is 6.15. The Bertz CT molecular complexity index is 455. The number of nitrogens with one attached hydrogen (secondary N) is 1. The van der Waals surface area contributed by atoms with Crippen LogP contribution in [0.15, 0.2) is 18.2 Å². The number of carbonyl (C=O) groups excluding carboxylic acids is 1. The van der Waals surface area contributed by atoms with E-state index in [-0.39, 0.29) is 17.8 Å². The lowest BCUT2D eigenvalue weighted by atomic mass is 10.1. The fourth-order valence-electron chi connectivity index (χ4n) is 2.49. The largest absolute Gasteiger partial charge is 0.348 e. The zero-order valence-corrected chi connectivity index (χ0v) is 11.6. The highest BCUT2D eigenvalue weighted by atomic mass is 19.1. The van der Waals surface area contributed by atoms with E-state index in [2.05, 4.69) is 10.2 Å². The summed E-state index contributed by atoms with van der Waals surface area (Å²) >= 11 is 0. The van der Waals surface area contributed by atoms with Gasteiger partial charge in [-0.25, -0.2) is 4.39 Å². The molecule has 0 radical (unpaired) electrons. The van der Waals surface area contributed by atoms with Gasteiger partial charge < -0.3 is 10.2 Å². The summed E-state index contributed by atoms with van der Waals surface area (Å²) < 4.78 is 13.2. The standard InChI is InChI=1S/C15H21FN2O/c1-11-9-13(5-6-14(11)16)15(19)17-12(2)10-18-7-3-4-8-18/h5-6,9,12H,3-4,7-8,10H2,1-2H3,(H,17,19). The van der Waals surface area contributed by atoms with Crippen LogP contribution in [0.25, 0.3) is 0 Å². The molecule has 0 aliphatic carbocycles. The highest BCUT2D eigenvalue weighted by Crippen LogP contribution is 2.10. The monoisotopic (exact) mass is 264 g/mol. The molecule has 1 unspecified atom stereocenters. The maximum atomic E-state index is 13.2. The fourth-order valence-corrected chi connectivity index (χ4v) is 2.49. The van der Waals surface area contributed by atoms with Gasteiger partial charge in [-0.2, -0.15) is 0 Å². The second-order valence-electron chi connectivity index (χ2n) is 5.35. The number of carbonyl (C=O) groups is 1. The van der Waals surface area contributed by atoms with Crippen LogP contribution in [0.4, 0.5) is 4.39 Å². The number of nitrogens with zero attached hydrogens (tertiary/aromatic N) is 1. The smallest absolute Gasteiger partial charge is 0.251 e. The first-order valence-corrected chi connectivity index (χ1v) is 6.85. The van der Waals surface area contributed by atoms with E-state index < -0.39 is 0 Å². The van der Waals surface area contributed by atoms with Gasteiger partial charge in [0.05, 0.1) is 0 Å². The van der Waals surface area contributed by atoms with Crippen molar-refractivity contribution in [2.75, 3.05) is 19.6 Å². The average molecular weight is 264 g/mol. The molecule has 1 fully saturated rings. The molecule has 1 aliphatic rings. The van der Waals surface area contributed by atoms with Gasteiger partial charge in [0.2, 0.25) is 0 Å². The zero-order chi connectivity index (χ0) is 13.8. The summed E-state index contributed by atoms with van der Waals surface area (Å²) in [5.41, 5.74) is 1.02. The topological polar surface area (TPSA) is 32.3 Å². The molecular weight excluding hydrogens is 243 g/mol. The van der Waals surface area contributed by atoms with E-state index in [0.29, 0.717) is 11.1 Å². The molecule has 1 N–H and O–H groups in total. The molecule has 1 aromatic carbocycles. The minimum atomic E-state index is -0.276. The summed E-state index contributed by atoms with van der Waals surface area (Å²) in [5, 5.41) is 2.97. The van der Waals surface area contributed by atoms with Crippen LogP contribution in [-0.2, 0) is 0 Å². The van der Waals surface area contributed by atoms with Crippen molar-refractivity contribution in [3.8, 4) is 0 Å². The summed E-state index contributed by atoms with van der Waals surface area (Å²) in [6, 6.07) is 4.57. The number of amides is 1. The number of likely N-dealkylation sites (tertiary alicyclic amines) is 1. The Morgan fingerprint density at radius 3 is 2.74 bits per heavy atom. The van der Waals surface area contributed by atoms with Gasteiger partial charge in [0.15, 0.2) is 0 Å². The fraction of sp³-hybridized carbons (Fsp3) is 0.533. The van der Waals surface area contributed by atoms with Gasteiger partial charge in [-0.05, 0) is 63.5 Å². The Hall–Kier alpha value is -1.42. The highest BCUT2D eigenvalue weighted by molar-refractivity contribution is 5.94. The minimum Gasteiger partial charge on any atom is -0.348 e. The Morgan fingerprint density at radius 1 is 1.42 bits per heavy atom. The predicted molar refractivity (Wildman–Crippen MR) is 73.7 cm³/mol. The summed E-state index contributed by atoms with van der Waals surface area (Å²) in [5.74, 6) is -0.406. The zero-order valence-electron chi connectivity index (χ0n) is 11.6. The normalized spacial score (nSPS) is 17.4. The molecule has 1 atom stereocenters. The van der Waals surface area contributed by atoms with Crippen molar-refractivity contribution in [1.82, 2.24) is 10.2 Å². The third kappa shape index (κ3) is 3.77. The average Bonchev–Trinajstić information content (AvgIpc) is 2.85. The van der Waals surface area contributed by atoms with Crippen LogP contribution in [0.5, 0.6) is 0 Å². The molecule has 4 heteroatoms. The van der Waals surface area contributed by atoms with E-state index in [0.717, 1.165) is 19.6 Å². The lowest BCUT2D eigenvalue weighted by Crippen LogP contribution is -2.41. The molecule has 0 aromatic heterocycles. The first kappa shape index (κ1) is 14.0. The molecule has 104 valence electrons. The lowest BCUT2D eigenvalue weighted by Gasteiger charge is -2.21. The molecule has 1 aliphatic heterocycles. The van der Waals surface area contributed by atoms with Crippen LogP contribution in [0.3, 0.4) is 0 Å². The molecular formula is C15H21FN2O. The summed E-state index contributed by atoms with van der Waals surface area (Å²) in [4.78, 5) is 14.4. The van der Waals surface area contributed by atoms with Crippen molar-refractivity contribution >= 4 is 5.91 Å². The summed E-state index contributed by atoms with van der Waals surface area (Å²) in [6.07, 6.45) is 2.50. The van der Waals surface area contributed by atoms with Gasteiger partial charge in [-0.3, -0.25) is 4.79 Å². The van der Waals surface area contributed by atoms with E-state index in [4.69, 9.17) is 0 Å². The molecule has 1 amide bonds. The van der Waals surface area contributed by atoms with Crippen molar-refractivity contribution < 1.29 is 9.18 Å². The Balaban J connectivity index is 1.90. The van der Waals surface area contributed by atoms with Crippen LogP contribution >= 0.6 is 0 Å². The molecule has 3 nitrogen and oxygen atoms in total. The predicted octanol–water partition coefficient (Wildman–Crippen LogP) is 2.35. The van der Waals surface area contributed by atoms with Gasteiger partial charge in [0, 0.05) is 18.2 Å². The maximum absolute atomic E-state index is 13.2. The minimum absolute atomic E-state index is 0.107. The van der Waals surface area contributed by atoms with Crippen LogP contribution in [0.2, 0.25) is 0 Å². The molecule has 1 saturated heterocycles. The molecule has 19 heavy (non-hydrogen) atoms. The second-order valence-corrected chi connectivity index (χ2v) is 5.35. The van der Waals surface area contributed by atoms with Crippen LogP contribution in [-0.4, -0.2) is 36.5 Å². The third-order valence-electron chi connectivity index (χ3n) is 3.53. The van der Waals surface area contributed by atoms with Crippen molar-refractivity contribution in [3.63, 3.8) is 0 Å². The molecule has 1 heterocycles. The molecule has 0 bridgehead atoms. The van der Waals surface area contributed by atoms with Crippen molar-refractivity contribution in [1.29, 1.82) is 0 Å². The van der Waals surface area contributed by atoms with Gasteiger partial charge in [0.25, 0.3) is 5.91 Å². The maximum Gasteiger partial charge on any atom is 0.251 e. The van der Waals surface area contributed by atoms with Crippen molar-refractivity contribution in [3.05, 3.63) is 35.1 Å². The first-order chi connectivity index (χ1) is 9.06. The number of benzene rings is 1. The molecule has 0 saturated carbocycles. The van der Waals surface area contributed by atoms with Gasteiger partial charge >= 0.3 is 0 Å². The summed E-state index contributed by atoms with van der Waals surface area (Å²) in [7, 11) is 0. The Morgan fingerprint density at radius 2 is 2.11 bits per heavy atom. The quantitative estimate of drug-likeness (QED) is 0.905. The number of aryl methyl sites for hydroxylation is 1. The van der Waals surface area contributed by atoms with Crippen molar-refractivity contribution in [2.45, 2.75) is 32.7 Å².